The van der Waals surface area contributed by atoms with Crippen molar-refractivity contribution in [1.82, 2.24) is 10.3 Å². The molecule has 0 aliphatic heterocycles. The maximum Gasteiger partial charge on any atom is 0.0968 e. The highest BCUT2D eigenvalue weighted by molar-refractivity contribution is 7.09. The van der Waals surface area contributed by atoms with Crippen LogP contribution in [0.5, 0.6) is 0 Å². The molecule has 0 atom stereocenters. The van der Waals surface area contributed by atoms with Crippen LogP contribution in [0.4, 0.5) is 0 Å². The largest absolute Gasteiger partial charge is 0.310 e. The van der Waals surface area contributed by atoms with E-state index >= 15 is 0 Å². The summed E-state index contributed by atoms with van der Waals surface area (Å²) in [5.41, 5.74) is 2.72. The number of nitrogens with one attached hydrogen (secondary N) is 1. The summed E-state index contributed by atoms with van der Waals surface area (Å²) in [5, 5.41) is 6.75. The van der Waals surface area contributed by atoms with Crippen molar-refractivity contribution in [3.63, 3.8) is 0 Å². The molecule has 3 rings (SSSR count). The molecule has 1 heterocycles. The fourth-order valence-electron chi connectivity index (χ4n) is 1.84. The van der Waals surface area contributed by atoms with E-state index in [1.807, 2.05) is 11.6 Å². The molecule has 1 N–H and O–H groups in total. The average Bonchev–Trinajstić information content (AvgIpc) is 3.05. The van der Waals surface area contributed by atoms with Gasteiger partial charge in [-0.1, -0.05) is 24.3 Å². The van der Waals surface area contributed by atoms with Crippen LogP contribution in [0.1, 0.15) is 29.0 Å². The van der Waals surface area contributed by atoms with Crippen LogP contribution in [0, 0.1) is 0 Å². The summed E-state index contributed by atoms with van der Waals surface area (Å²) in [6, 6.07) is 9.65. The highest BCUT2D eigenvalue weighted by atomic mass is 32.1. The van der Waals surface area contributed by atoms with Gasteiger partial charge in [-0.05, 0) is 24.0 Å². The first kappa shape index (κ1) is 10.9. The summed E-state index contributed by atoms with van der Waals surface area (Å²) in [5.74, 6) is 0. The number of nitrogens with zero attached hydrogens (tertiary/aromatic N) is 1. The zero-order chi connectivity index (χ0) is 11.5. The summed E-state index contributed by atoms with van der Waals surface area (Å²) in [4.78, 5) is 4.31. The molecule has 88 valence electrons. The first-order valence-corrected chi connectivity index (χ1v) is 6.98. The fraction of sp³-hybridized carbons (Fsp3) is 0.357. The van der Waals surface area contributed by atoms with Gasteiger partial charge in [-0.15, -0.1) is 11.3 Å². The Bertz CT molecular complexity index is 457. The van der Waals surface area contributed by atoms with E-state index in [1.54, 1.807) is 11.3 Å². The standard InChI is InChI=1S/C14H16N2S/c1-3-12(10-16-13-5-6-13)4-2-11(1)9-14-15-7-8-17-14/h1-4,7-8,13,16H,5-6,9-10H2. The van der Waals surface area contributed by atoms with E-state index < -0.39 is 0 Å². The predicted molar refractivity (Wildman–Crippen MR) is 71.2 cm³/mol. The molecular formula is C14H16N2S. The Hall–Kier alpha value is -1.19. The van der Waals surface area contributed by atoms with Gasteiger partial charge < -0.3 is 5.32 Å². The molecule has 1 aromatic carbocycles. The molecular weight excluding hydrogens is 228 g/mol. The third-order valence-electron chi connectivity index (χ3n) is 3.03. The molecule has 0 unspecified atom stereocenters. The van der Waals surface area contributed by atoms with E-state index in [4.69, 9.17) is 0 Å². The maximum absolute atomic E-state index is 4.31. The van der Waals surface area contributed by atoms with Gasteiger partial charge in [-0.25, -0.2) is 4.98 Å². The molecule has 0 amide bonds. The lowest BCUT2D eigenvalue weighted by Gasteiger charge is -2.04. The normalized spacial score (nSPS) is 15.1. The lowest BCUT2D eigenvalue weighted by Crippen LogP contribution is -2.15. The Morgan fingerprint density at radius 3 is 2.59 bits per heavy atom. The Balaban J connectivity index is 1.58. The van der Waals surface area contributed by atoms with Crippen molar-refractivity contribution in [1.29, 1.82) is 0 Å². The fourth-order valence-corrected chi connectivity index (χ4v) is 2.49. The van der Waals surface area contributed by atoms with Crippen LogP contribution in [0.2, 0.25) is 0 Å². The molecule has 1 saturated carbocycles. The van der Waals surface area contributed by atoms with Crippen LogP contribution in [0.15, 0.2) is 35.8 Å². The van der Waals surface area contributed by atoms with E-state index in [-0.39, 0.29) is 0 Å². The average molecular weight is 244 g/mol. The van der Waals surface area contributed by atoms with Crippen molar-refractivity contribution in [2.75, 3.05) is 0 Å². The van der Waals surface area contributed by atoms with Crippen LogP contribution in [0.3, 0.4) is 0 Å². The van der Waals surface area contributed by atoms with Crippen molar-refractivity contribution >= 4 is 11.3 Å². The molecule has 1 aromatic heterocycles. The van der Waals surface area contributed by atoms with Crippen LogP contribution in [-0.4, -0.2) is 11.0 Å². The zero-order valence-corrected chi connectivity index (χ0v) is 10.5. The Kier molecular flexibility index (Phi) is 3.20. The van der Waals surface area contributed by atoms with Crippen molar-refractivity contribution < 1.29 is 0 Å². The van der Waals surface area contributed by atoms with Crippen LogP contribution < -0.4 is 5.32 Å². The van der Waals surface area contributed by atoms with Gasteiger partial charge in [0.15, 0.2) is 0 Å². The molecule has 0 saturated heterocycles. The predicted octanol–water partition coefficient (Wildman–Crippen LogP) is 2.99. The van der Waals surface area contributed by atoms with E-state index in [1.165, 1.54) is 29.0 Å². The van der Waals surface area contributed by atoms with Crippen molar-refractivity contribution in [3.8, 4) is 0 Å². The molecule has 17 heavy (non-hydrogen) atoms. The highest BCUT2D eigenvalue weighted by Gasteiger charge is 2.19. The molecule has 0 bridgehead atoms. The number of benzene rings is 1. The number of hydrogen-bond donors (Lipinski definition) is 1. The second-order valence-corrected chi connectivity index (χ2v) is 5.55. The smallest absolute Gasteiger partial charge is 0.0968 e. The van der Waals surface area contributed by atoms with Crippen LogP contribution in [0.25, 0.3) is 0 Å². The van der Waals surface area contributed by atoms with Crippen LogP contribution >= 0.6 is 11.3 Å². The summed E-state index contributed by atoms with van der Waals surface area (Å²) in [7, 11) is 0. The lowest BCUT2D eigenvalue weighted by molar-refractivity contribution is 0.687. The third-order valence-corrected chi connectivity index (χ3v) is 3.81. The van der Waals surface area contributed by atoms with Crippen LogP contribution in [-0.2, 0) is 13.0 Å². The topological polar surface area (TPSA) is 24.9 Å². The third kappa shape index (κ3) is 3.14. The van der Waals surface area contributed by atoms with E-state index in [9.17, 15) is 0 Å². The molecule has 2 nitrogen and oxygen atoms in total. The van der Waals surface area contributed by atoms with Gasteiger partial charge in [0.1, 0.15) is 0 Å². The first-order chi connectivity index (χ1) is 8.40. The van der Waals surface area contributed by atoms with Gasteiger partial charge in [-0.3, -0.25) is 0 Å². The maximum atomic E-state index is 4.31. The monoisotopic (exact) mass is 244 g/mol. The number of thiazole rings is 1. The lowest BCUT2D eigenvalue weighted by atomic mass is 10.1. The van der Waals surface area contributed by atoms with Gasteiger partial charge in [0.2, 0.25) is 0 Å². The molecule has 1 fully saturated rings. The summed E-state index contributed by atoms with van der Waals surface area (Å²) in [6.07, 6.45) is 5.52. The minimum Gasteiger partial charge on any atom is -0.310 e. The molecule has 1 aliphatic rings. The molecule has 1 aliphatic carbocycles. The number of rotatable bonds is 5. The van der Waals surface area contributed by atoms with Gasteiger partial charge in [0.05, 0.1) is 5.01 Å². The molecule has 0 radical (unpaired) electrons. The van der Waals surface area contributed by atoms with E-state index in [0.717, 1.165) is 19.0 Å². The minimum atomic E-state index is 0.782. The SMILES string of the molecule is c1csc(Cc2ccc(CNC3CC3)cc2)n1. The summed E-state index contributed by atoms with van der Waals surface area (Å²) < 4.78 is 0. The van der Waals surface area contributed by atoms with Gasteiger partial charge in [-0.2, -0.15) is 0 Å². The second-order valence-electron chi connectivity index (χ2n) is 4.57. The Morgan fingerprint density at radius 1 is 1.18 bits per heavy atom. The quantitative estimate of drug-likeness (QED) is 0.874. The summed E-state index contributed by atoms with van der Waals surface area (Å²) >= 11 is 1.72. The first-order valence-electron chi connectivity index (χ1n) is 6.10. The Labute approximate surface area is 106 Å². The van der Waals surface area contributed by atoms with Gasteiger partial charge in [0, 0.05) is 30.6 Å². The van der Waals surface area contributed by atoms with Crippen molar-refractivity contribution in [2.45, 2.75) is 31.8 Å². The number of hydrogen-bond acceptors (Lipinski definition) is 3. The second kappa shape index (κ2) is 4.98. The molecule has 2 aromatic rings. The highest BCUT2D eigenvalue weighted by Crippen LogP contribution is 2.19. The van der Waals surface area contributed by atoms with Gasteiger partial charge >= 0.3 is 0 Å². The summed E-state index contributed by atoms with van der Waals surface area (Å²) in [6.45, 7) is 1.00. The molecule has 3 heteroatoms. The molecule has 0 spiro atoms. The zero-order valence-electron chi connectivity index (χ0n) is 9.73. The van der Waals surface area contributed by atoms with E-state index in [0.29, 0.717) is 0 Å². The van der Waals surface area contributed by atoms with Crippen molar-refractivity contribution in [2.24, 2.45) is 0 Å². The van der Waals surface area contributed by atoms with E-state index in [2.05, 4.69) is 34.6 Å². The Morgan fingerprint density at radius 2 is 1.94 bits per heavy atom. The van der Waals surface area contributed by atoms with Gasteiger partial charge in [0.25, 0.3) is 0 Å². The minimum absolute atomic E-state index is 0.782. The van der Waals surface area contributed by atoms with Crippen molar-refractivity contribution in [3.05, 3.63) is 52.0 Å². The number of aromatic nitrogens is 1.